The second-order valence-electron chi connectivity index (χ2n) is 13.7. The molecule has 11 nitrogen and oxygen atoms in total. The van der Waals surface area contributed by atoms with E-state index in [1.807, 2.05) is 12.2 Å². The molecule has 12 heteroatoms. The zero-order chi connectivity index (χ0) is 41.4. The van der Waals surface area contributed by atoms with Gasteiger partial charge in [-0.15, -0.1) is 0 Å². The van der Waals surface area contributed by atoms with Crippen LogP contribution in [0.15, 0.2) is 72.9 Å². The van der Waals surface area contributed by atoms with Crippen LogP contribution in [0.25, 0.3) is 0 Å². The number of allylic oxidation sites excluding steroid dienone is 12. The van der Waals surface area contributed by atoms with Crippen LogP contribution in [-0.4, -0.2) is 59.9 Å². The minimum absolute atomic E-state index is 0.116. The van der Waals surface area contributed by atoms with Crippen molar-refractivity contribution in [2.75, 3.05) is 19.8 Å². The zero-order valence-corrected chi connectivity index (χ0v) is 35.3. The van der Waals surface area contributed by atoms with Gasteiger partial charge in [-0.3, -0.25) is 23.4 Å². The molecule has 0 bridgehead atoms. The fourth-order valence-corrected chi connectivity index (χ4v) is 5.93. The van der Waals surface area contributed by atoms with Crippen LogP contribution in [0, 0.1) is 0 Å². The summed E-state index contributed by atoms with van der Waals surface area (Å²) >= 11 is 0. The van der Waals surface area contributed by atoms with Gasteiger partial charge in [0.15, 0.2) is 6.10 Å². The van der Waals surface area contributed by atoms with Gasteiger partial charge in [-0.1, -0.05) is 138 Å². The summed E-state index contributed by atoms with van der Waals surface area (Å²) in [5.41, 5.74) is 5.32. The van der Waals surface area contributed by atoms with Gasteiger partial charge in [-0.2, -0.15) is 0 Å². The Balaban J connectivity index is 4.52. The molecular formula is C44H74NO10P. The third-order valence-electron chi connectivity index (χ3n) is 8.44. The lowest BCUT2D eigenvalue weighted by Gasteiger charge is -2.20. The van der Waals surface area contributed by atoms with E-state index in [9.17, 15) is 23.8 Å². The summed E-state index contributed by atoms with van der Waals surface area (Å²) in [6, 6.07) is -1.53. The van der Waals surface area contributed by atoms with Crippen molar-refractivity contribution in [3.63, 3.8) is 0 Å². The molecule has 0 aliphatic heterocycles. The molecule has 0 saturated heterocycles. The number of hydrogen-bond donors (Lipinski definition) is 3. The number of carbonyl (C=O) groups excluding carboxylic acids is 2. The number of ether oxygens (including phenoxy) is 2. The summed E-state index contributed by atoms with van der Waals surface area (Å²) in [5.74, 6) is -2.49. The molecule has 0 aromatic carbocycles. The molecule has 4 N–H and O–H groups in total. The summed E-state index contributed by atoms with van der Waals surface area (Å²) in [7, 11) is -4.74. The SMILES string of the molecule is CC/C=C/C/C=C/C/C=C/C/C=C/C/C=C/CCCC(=O)OC[C@H](COP(=O)(O)OC[C@H](N)C(=O)O)OC(=O)CCCC/C=C/CCCCCCCCCCC. The Kier molecular flexibility index (Phi) is 36.6. The van der Waals surface area contributed by atoms with Gasteiger partial charge in [0, 0.05) is 12.8 Å². The third kappa shape index (κ3) is 37.8. The molecule has 0 radical (unpaired) electrons. The Morgan fingerprint density at radius 1 is 0.571 bits per heavy atom. The number of phosphoric ester groups is 1. The van der Waals surface area contributed by atoms with E-state index in [-0.39, 0.29) is 19.4 Å². The van der Waals surface area contributed by atoms with Crippen LogP contribution in [-0.2, 0) is 37.5 Å². The second kappa shape index (κ2) is 38.8. The van der Waals surface area contributed by atoms with E-state index < -0.39 is 51.1 Å². The van der Waals surface area contributed by atoms with Crippen LogP contribution < -0.4 is 5.73 Å². The Hall–Kier alpha value is -3.08. The highest BCUT2D eigenvalue weighted by Crippen LogP contribution is 2.43. The van der Waals surface area contributed by atoms with Gasteiger partial charge in [0.1, 0.15) is 12.6 Å². The highest BCUT2D eigenvalue weighted by Gasteiger charge is 2.28. The molecular weight excluding hydrogens is 733 g/mol. The van der Waals surface area contributed by atoms with Crippen molar-refractivity contribution in [2.24, 2.45) is 5.73 Å². The summed E-state index contributed by atoms with van der Waals surface area (Å²) in [6.07, 6.45) is 45.5. The van der Waals surface area contributed by atoms with Crippen molar-refractivity contribution in [3.8, 4) is 0 Å². The van der Waals surface area contributed by atoms with Crippen molar-refractivity contribution in [1.82, 2.24) is 0 Å². The van der Waals surface area contributed by atoms with Crippen LogP contribution in [0.3, 0.4) is 0 Å². The average Bonchev–Trinajstić information content (AvgIpc) is 3.17. The smallest absolute Gasteiger partial charge is 0.472 e. The molecule has 0 aromatic heterocycles. The summed E-state index contributed by atoms with van der Waals surface area (Å²) in [6.45, 7) is 2.59. The maximum absolute atomic E-state index is 12.6. The lowest BCUT2D eigenvalue weighted by Crippen LogP contribution is -2.34. The minimum Gasteiger partial charge on any atom is -0.480 e. The molecule has 0 heterocycles. The number of carboxylic acids is 1. The van der Waals surface area contributed by atoms with Crippen LogP contribution in [0.5, 0.6) is 0 Å². The predicted molar refractivity (Wildman–Crippen MR) is 226 cm³/mol. The summed E-state index contributed by atoms with van der Waals surface area (Å²) < 4.78 is 32.6. The van der Waals surface area contributed by atoms with Crippen molar-refractivity contribution in [2.45, 2.75) is 167 Å². The largest absolute Gasteiger partial charge is 0.480 e. The fourth-order valence-electron chi connectivity index (χ4n) is 5.15. The molecule has 1 unspecified atom stereocenters. The van der Waals surface area contributed by atoms with Gasteiger partial charge in [0.05, 0.1) is 13.2 Å². The van der Waals surface area contributed by atoms with Gasteiger partial charge in [-0.05, 0) is 77.0 Å². The van der Waals surface area contributed by atoms with Crippen molar-refractivity contribution < 1.29 is 47.5 Å². The van der Waals surface area contributed by atoms with Gasteiger partial charge in [0.2, 0.25) is 0 Å². The zero-order valence-electron chi connectivity index (χ0n) is 34.4. The van der Waals surface area contributed by atoms with E-state index in [2.05, 4.69) is 79.1 Å². The predicted octanol–water partition coefficient (Wildman–Crippen LogP) is 10.9. The summed E-state index contributed by atoms with van der Waals surface area (Å²) in [5, 5.41) is 8.88. The van der Waals surface area contributed by atoms with Crippen molar-refractivity contribution >= 4 is 25.7 Å². The van der Waals surface area contributed by atoms with Gasteiger partial charge in [0.25, 0.3) is 0 Å². The molecule has 0 spiro atoms. The first kappa shape index (κ1) is 52.9. The van der Waals surface area contributed by atoms with Crippen molar-refractivity contribution in [1.29, 1.82) is 0 Å². The Bertz CT molecular complexity index is 1230. The van der Waals surface area contributed by atoms with E-state index in [1.54, 1.807) is 0 Å². The first-order chi connectivity index (χ1) is 27.1. The lowest BCUT2D eigenvalue weighted by atomic mass is 10.1. The monoisotopic (exact) mass is 808 g/mol. The van der Waals surface area contributed by atoms with E-state index >= 15 is 0 Å². The van der Waals surface area contributed by atoms with Gasteiger partial charge in [-0.25, -0.2) is 4.57 Å². The molecule has 0 aliphatic carbocycles. The maximum Gasteiger partial charge on any atom is 0.472 e. The topological polar surface area (TPSA) is 172 Å². The molecule has 0 rings (SSSR count). The van der Waals surface area contributed by atoms with E-state index in [1.165, 1.54) is 57.8 Å². The average molecular weight is 808 g/mol. The number of nitrogens with two attached hydrogens (primary N) is 1. The maximum atomic E-state index is 12.6. The Labute approximate surface area is 338 Å². The number of aliphatic carboxylic acids is 1. The molecule has 0 amide bonds. The number of phosphoric acid groups is 1. The highest BCUT2D eigenvalue weighted by atomic mass is 31.2. The van der Waals surface area contributed by atoms with E-state index in [0.717, 1.165) is 51.4 Å². The van der Waals surface area contributed by atoms with E-state index in [0.29, 0.717) is 19.3 Å². The first-order valence-electron chi connectivity index (χ1n) is 21.0. The minimum atomic E-state index is -4.74. The Morgan fingerprint density at radius 3 is 1.57 bits per heavy atom. The van der Waals surface area contributed by atoms with Crippen LogP contribution in [0.4, 0.5) is 0 Å². The molecule has 3 atom stereocenters. The van der Waals surface area contributed by atoms with Crippen LogP contribution in [0.1, 0.15) is 155 Å². The lowest BCUT2D eigenvalue weighted by molar-refractivity contribution is -0.161. The number of esters is 2. The molecule has 0 saturated carbocycles. The first-order valence-corrected chi connectivity index (χ1v) is 22.5. The number of rotatable bonds is 38. The van der Waals surface area contributed by atoms with Crippen molar-refractivity contribution in [3.05, 3.63) is 72.9 Å². The molecule has 0 aromatic rings. The summed E-state index contributed by atoms with van der Waals surface area (Å²) in [4.78, 5) is 45.9. The number of carboxylic acid groups (broad SMARTS) is 1. The molecule has 56 heavy (non-hydrogen) atoms. The molecule has 0 fully saturated rings. The normalized spacial score (nSPS) is 14.5. The van der Waals surface area contributed by atoms with Crippen LogP contribution >= 0.6 is 7.82 Å². The molecule has 320 valence electrons. The van der Waals surface area contributed by atoms with E-state index in [4.69, 9.17) is 24.8 Å². The number of carbonyl (C=O) groups is 3. The number of hydrogen-bond acceptors (Lipinski definition) is 9. The second-order valence-corrected chi connectivity index (χ2v) is 15.2. The van der Waals surface area contributed by atoms with Gasteiger partial charge >= 0.3 is 25.7 Å². The molecule has 0 aliphatic rings. The quantitative estimate of drug-likeness (QED) is 0.0235. The fraction of sp³-hybridized carbons (Fsp3) is 0.659. The Morgan fingerprint density at radius 2 is 1.02 bits per heavy atom. The highest BCUT2D eigenvalue weighted by molar-refractivity contribution is 7.47. The van der Waals surface area contributed by atoms with Gasteiger partial charge < -0.3 is 25.2 Å². The standard InChI is InChI=1S/C44H74NO10P/c1-3-5-7-9-11-13-15-17-19-20-22-23-25-27-29-31-33-35-42(46)52-37-40(38-53-56(50,51)54-39-41(45)44(48)49)55-43(47)36-34-32-30-28-26-24-21-18-16-14-12-10-8-6-4-2/h5,7,11,13,17,19,22-23,26-29,40-41H,3-4,6,8-10,12,14-16,18,20-21,24-25,30-39,45H2,1-2H3,(H,48,49)(H,50,51)/b7-5+,13-11+,19-17+,23-22+,28-26+,29-27+/t40-,41+/m1/s1. The third-order valence-corrected chi connectivity index (χ3v) is 9.39. The number of unbranched alkanes of at least 4 members (excludes halogenated alkanes) is 12. The van der Waals surface area contributed by atoms with Crippen LogP contribution in [0.2, 0.25) is 0 Å².